The number of aromatic nitrogens is 2. The molecule has 0 aliphatic heterocycles. The highest BCUT2D eigenvalue weighted by Crippen LogP contribution is 2.28. The van der Waals surface area contributed by atoms with E-state index in [1.807, 2.05) is 72.4 Å². The maximum absolute atomic E-state index is 13.3. The van der Waals surface area contributed by atoms with Crippen LogP contribution in [-0.4, -0.2) is 15.5 Å². The van der Waals surface area contributed by atoms with Crippen molar-refractivity contribution in [2.45, 2.75) is 25.8 Å². The highest BCUT2D eigenvalue weighted by atomic mass is 35.5. The van der Waals surface area contributed by atoms with Gasteiger partial charge in [0, 0.05) is 24.5 Å². The van der Waals surface area contributed by atoms with Crippen LogP contribution in [0.5, 0.6) is 0 Å². The molecule has 1 heterocycles. The number of nitrogens with one attached hydrogen (secondary N) is 1. The standard InChI is InChI=1S/C22H24ClN3O/c1-15(2)19(16-9-11-18(23)12-10-16)22(27)25-20(17-7-5-4-6-8-17)21-24-13-14-26(21)3/h4-15,19-20H,1-3H3,(H,25,27). The fraction of sp³-hybridized carbons (Fsp3) is 0.273. The van der Waals surface area contributed by atoms with E-state index in [0.29, 0.717) is 5.02 Å². The molecule has 0 saturated carbocycles. The first-order chi connectivity index (χ1) is 13.0. The highest BCUT2D eigenvalue weighted by molar-refractivity contribution is 6.30. The van der Waals surface area contributed by atoms with Gasteiger partial charge >= 0.3 is 0 Å². The molecule has 2 aromatic carbocycles. The van der Waals surface area contributed by atoms with E-state index in [1.165, 1.54) is 0 Å². The minimum absolute atomic E-state index is 0.0239. The van der Waals surface area contributed by atoms with Crippen molar-refractivity contribution in [2.75, 3.05) is 0 Å². The van der Waals surface area contributed by atoms with E-state index in [9.17, 15) is 4.79 Å². The van der Waals surface area contributed by atoms with Crippen LogP contribution < -0.4 is 5.32 Å². The monoisotopic (exact) mass is 381 g/mol. The second kappa shape index (κ2) is 8.40. The summed E-state index contributed by atoms with van der Waals surface area (Å²) in [5, 5.41) is 3.88. The first kappa shape index (κ1) is 19.2. The number of halogens is 1. The Kier molecular flexibility index (Phi) is 5.97. The molecule has 3 aromatic rings. The number of hydrogen-bond acceptors (Lipinski definition) is 2. The van der Waals surface area contributed by atoms with Gasteiger partial charge in [-0.05, 0) is 29.2 Å². The molecule has 5 heteroatoms. The molecule has 0 aliphatic carbocycles. The number of hydrogen-bond donors (Lipinski definition) is 1. The number of nitrogens with zero attached hydrogens (tertiary/aromatic N) is 2. The van der Waals surface area contributed by atoms with Crippen molar-refractivity contribution < 1.29 is 4.79 Å². The second-order valence-electron chi connectivity index (χ2n) is 7.02. The van der Waals surface area contributed by atoms with Gasteiger partial charge in [-0.25, -0.2) is 4.98 Å². The lowest BCUT2D eigenvalue weighted by Gasteiger charge is -2.25. The molecule has 3 rings (SSSR count). The van der Waals surface area contributed by atoms with E-state index in [-0.39, 0.29) is 23.8 Å². The molecule has 1 N–H and O–H groups in total. The van der Waals surface area contributed by atoms with E-state index >= 15 is 0 Å². The zero-order valence-corrected chi connectivity index (χ0v) is 16.5. The Balaban J connectivity index is 1.93. The number of aryl methyl sites for hydroxylation is 1. The molecule has 2 atom stereocenters. The van der Waals surface area contributed by atoms with Crippen molar-refractivity contribution in [3.8, 4) is 0 Å². The fourth-order valence-electron chi connectivity index (χ4n) is 3.34. The number of rotatable bonds is 6. The van der Waals surface area contributed by atoms with Gasteiger partial charge in [0.1, 0.15) is 11.9 Å². The predicted molar refractivity (Wildman–Crippen MR) is 109 cm³/mol. The molecule has 0 spiro atoms. The van der Waals surface area contributed by atoms with Crippen LogP contribution >= 0.6 is 11.6 Å². The van der Waals surface area contributed by atoms with Gasteiger partial charge in [-0.1, -0.05) is 67.9 Å². The molecule has 2 unspecified atom stereocenters. The van der Waals surface area contributed by atoms with Crippen LogP contribution in [0.4, 0.5) is 0 Å². The lowest BCUT2D eigenvalue weighted by atomic mass is 9.87. The summed E-state index contributed by atoms with van der Waals surface area (Å²) < 4.78 is 1.94. The van der Waals surface area contributed by atoms with Gasteiger partial charge in [-0.15, -0.1) is 0 Å². The predicted octanol–water partition coefficient (Wildman–Crippen LogP) is 4.72. The second-order valence-corrected chi connectivity index (χ2v) is 7.46. The maximum Gasteiger partial charge on any atom is 0.228 e. The third-order valence-electron chi connectivity index (χ3n) is 4.71. The molecule has 0 radical (unpaired) electrons. The Morgan fingerprint density at radius 3 is 2.26 bits per heavy atom. The lowest BCUT2D eigenvalue weighted by Crippen LogP contribution is -2.36. The average Bonchev–Trinajstić information content (AvgIpc) is 3.07. The summed E-state index contributed by atoms with van der Waals surface area (Å²) in [7, 11) is 1.93. The van der Waals surface area contributed by atoms with Gasteiger partial charge < -0.3 is 9.88 Å². The Morgan fingerprint density at radius 1 is 1.04 bits per heavy atom. The van der Waals surface area contributed by atoms with Crippen LogP contribution in [0.15, 0.2) is 67.0 Å². The van der Waals surface area contributed by atoms with Crippen LogP contribution in [0.1, 0.15) is 42.8 Å². The third-order valence-corrected chi connectivity index (χ3v) is 4.97. The van der Waals surface area contributed by atoms with Gasteiger partial charge in [-0.2, -0.15) is 0 Å². The van der Waals surface area contributed by atoms with Crippen LogP contribution in [0.25, 0.3) is 0 Å². The smallest absolute Gasteiger partial charge is 0.228 e. The molecular formula is C22H24ClN3O. The molecule has 4 nitrogen and oxygen atoms in total. The summed E-state index contributed by atoms with van der Waals surface area (Å²) in [6.07, 6.45) is 3.63. The lowest BCUT2D eigenvalue weighted by molar-refractivity contribution is -0.124. The molecule has 0 fully saturated rings. The molecule has 140 valence electrons. The van der Waals surface area contributed by atoms with E-state index in [4.69, 9.17) is 11.6 Å². The summed E-state index contributed by atoms with van der Waals surface area (Å²) in [5.74, 6) is 0.648. The Labute approximate surface area is 165 Å². The van der Waals surface area contributed by atoms with Gasteiger partial charge in [-0.3, -0.25) is 4.79 Å². The highest BCUT2D eigenvalue weighted by Gasteiger charge is 2.28. The van der Waals surface area contributed by atoms with Crippen LogP contribution in [0, 0.1) is 5.92 Å². The maximum atomic E-state index is 13.3. The zero-order valence-electron chi connectivity index (χ0n) is 15.8. The molecular weight excluding hydrogens is 358 g/mol. The van der Waals surface area contributed by atoms with Crippen molar-refractivity contribution >= 4 is 17.5 Å². The van der Waals surface area contributed by atoms with Crippen molar-refractivity contribution in [3.63, 3.8) is 0 Å². The van der Waals surface area contributed by atoms with Crippen molar-refractivity contribution in [3.05, 3.63) is 89.0 Å². The van der Waals surface area contributed by atoms with Crippen LogP contribution in [0.2, 0.25) is 5.02 Å². The number of imidazole rings is 1. The van der Waals surface area contributed by atoms with Gasteiger partial charge in [0.25, 0.3) is 0 Å². The van der Waals surface area contributed by atoms with Crippen molar-refractivity contribution in [1.29, 1.82) is 0 Å². The topological polar surface area (TPSA) is 46.9 Å². The van der Waals surface area contributed by atoms with Crippen molar-refractivity contribution in [2.24, 2.45) is 13.0 Å². The number of carbonyl (C=O) groups excluding carboxylic acids is 1. The summed E-state index contributed by atoms with van der Waals surface area (Å²) in [6.45, 7) is 4.11. The number of amides is 1. The van der Waals surface area contributed by atoms with E-state index in [0.717, 1.165) is 17.0 Å². The van der Waals surface area contributed by atoms with Crippen molar-refractivity contribution in [1.82, 2.24) is 14.9 Å². The van der Waals surface area contributed by atoms with Gasteiger partial charge in [0.2, 0.25) is 5.91 Å². The quantitative estimate of drug-likeness (QED) is 0.671. The summed E-state index contributed by atoms with van der Waals surface area (Å²) >= 11 is 6.01. The van der Waals surface area contributed by atoms with Gasteiger partial charge in [0.05, 0.1) is 5.92 Å². The molecule has 0 aliphatic rings. The number of benzene rings is 2. The summed E-state index contributed by atoms with van der Waals surface area (Å²) in [6, 6.07) is 17.1. The molecule has 0 bridgehead atoms. The average molecular weight is 382 g/mol. The molecule has 0 saturated heterocycles. The molecule has 27 heavy (non-hydrogen) atoms. The van der Waals surface area contributed by atoms with Gasteiger partial charge in [0.15, 0.2) is 0 Å². The minimum atomic E-state index is -0.313. The Hall–Kier alpha value is -2.59. The minimum Gasteiger partial charge on any atom is -0.342 e. The SMILES string of the molecule is CC(C)C(C(=O)NC(c1ccccc1)c1nccn1C)c1ccc(Cl)cc1. The molecule has 1 amide bonds. The number of carbonyl (C=O) groups is 1. The first-order valence-electron chi connectivity index (χ1n) is 9.05. The van der Waals surface area contributed by atoms with E-state index < -0.39 is 0 Å². The summed E-state index contributed by atoms with van der Waals surface area (Å²) in [5.41, 5.74) is 1.96. The largest absolute Gasteiger partial charge is 0.342 e. The van der Waals surface area contributed by atoms with Crippen LogP contribution in [0.3, 0.4) is 0 Å². The summed E-state index contributed by atoms with van der Waals surface area (Å²) in [4.78, 5) is 17.7. The first-order valence-corrected chi connectivity index (χ1v) is 9.43. The third kappa shape index (κ3) is 4.40. The van der Waals surface area contributed by atoms with E-state index in [2.05, 4.69) is 24.1 Å². The zero-order chi connectivity index (χ0) is 19.4. The Bertz CT molecular complexity index is 887. The fourth-order valence-corrected chi connectivity index (χ4v) is 3.46. The normalized spacial score (nSPS) is 13.4. The molecule has 1 aromatic heterocycles. The van der Waals surface area contributed by atoms with E-state index in [1.54, 1.807) is 6.20 Å². The van der Waals surface area contributed by atoms with Crippen LogP contribution in [-0.2, 0) is 11.8 Å². The Morgan fingerprint density at radius 2 is 1.70 bits per heavy atom.